The quantitative estimate of drug-likeness (QED) is 0.740. The van der Waals surface area contributed by atoms with Crippen molar-refractivity contribution in [3.05, 3.63) is 47.8 Å². The molecule has 4 N–H and O–H groups in total. The molecule has 1 aromatic heterocycles. The van der Waals surface area contributed by atoms with E-state index in [4.69, 9.17) is 5.73 Å². The topological polar surface area (TPSA) is 102 Å². The first kappa shape index (κ1) is 14.3. The average molecular weight is 299 g/mol. The Morgan fingerprint density at radius 3 is 2.91 bits per heavy atom. The Morgan fingerprint density at radius 2 is 2.14 bits per heavy atom. The van der Waals surface area contributed by atoms with E-state index in [-0.39, 0.29) is 18.5 Å². The number of hydrogen-bond acceptors (Lipinski definition) is 4. The van der Waals surface area contributed by atoms with E-state index < -0.39 is 5.91 Å². The Bertz CT molecular complexity index is 709. The van der Waals surface area contributed by atoms with Gasteiger partial charge in [0, 0.05) is 12.7 Å². The van der Waals surface area contributed by atoms with Gasteiger partial charge in [0.1, 0.15) is 6.54 Å². The van der Waals surface area contributed by atoms with Crippen molar-refractivity contribution in [1.82, 2.24) is 15.1 Å². The standard InChI is InChI=1S/C15H17N5O2/c16-14(21)9-20-8-12(7-18-20)19-15(22)13-5-10-3-1-2-4-11(10)6-17-13/h1-4,7-8,13,17H,5-6,9H2,(H2,16,21)(H,19,22). The molecule has 0 spiro atoms. The molecule has 7 heteroatoms. The molecule has 1 aliphatic heterocycles. The molecule has 0 bridgehead atoms. The van der Waals surface area contributed by atoms with Gasteiger partial charge in [0.2, 0.25) is 11.8 Å². The molecule has 1 aliphatic rings. The van der Waals surface area contributed by atoms with Crippen LogP contribution in [0.5, 0.6) is 0 Å². The lowest BCUT2D eigenvalue weighted by molar-refractivity contribution is -0.119. The highest BCUT2D eigenvalue weighted by molar-refractivity contribution is 5.95. The van der Waals surface area contributed by atoms with Gasteiger partial charge in [0.25, 0.3) is 0 Å². The lowest BCUT2D eigenvalue weighted by Gasteiger charge is -2.25. The van der Waals surface area contributed by atoms with Crippen molar-refractivity contribution in [1.29, 1.82) is 0 Å². The number of aromatic nitrogens is 2. The molecular formula is C15H17N5O2. The number of benzene rings is 1. The summed E-state index contributed by atoms with van der Waals surface area (Å²) in [5.41, 5.74) is 8.06. The third-order valence-corrected chi connectivity index (χ3v) is 3.62. The van der Waals surface area contributed by atoms with Gasteiger partial charge in [-0.2, -0.15) is 5.10 Å². The molecule has 2 amide bonds. The highest BCUT2D eigenvalue weighted by Gasteiger charge is 2.24. The third kappa shape index (κ3) is 3.15. The second-order valence-corrected chi connectivity index (χ2v) is 5.29. The van der Waals surface area contributed by atoms with Crippen molar-refractivity contribution in [3.8, 4) is 0 Å². The molecule has 3 rings (SSSR count). The summed E-state index contributed by atoms with van der Waals surface area (Å²) in [7, 11) is 0. The van der Waals surface area contributed by atoms with E-state index in [1.807, 2.05) is 18.2 Å². The molecule has 22 heavy (non-hydrogen) atoms. The van der Waals surface area contributed by atoms with Gasteiger partial charge >= 0.3 is 0 Å². The van der Waals surface area contributed by atoms with Gasteiger partial charge in [-0.3, -0.25) is 14.3 Å². The minimum absolute atomic E-state index is 0.00900. The van der Waals surface area contributed by atoms with Crippen LogP contribution >= 0.6 is 0 Å². The summed E-state index contributed by atoms with van der Waals surface area (Å²) in [6, 6.07) is 7.79. The number of carbonyl (C=O) groups excluding carboxylic acids is 2. The predicted octanol–water partition coefficient (Wildman–Crippen LogP) is 0.0214. The lowest BCUT2D eigenvalue weighted by Crippen LogP contribution is -2.44. The fourth-order valence-electron chi connectivity index (χ4n) is 2.54. The lowest BCUT2D eigenvalue weighted by atomic mass is 9.95. The number of hydrogen-bond donors (Lipinski definition) is 3. The smallest absolute Gasteiger partial charge is 0.241 e. The zero-order chi connectivity index (χ0) is 15.5. The number of anilines is 1. The van der Waals surface area contributed by atoms with Crippen LogP contribution < -0.4 is 16.4 Å². The molecule has 2 aromatic rings. The van der Waals surface area contributed by atoms with Crippen molar-refractivity contribution >= 4 is 17.5 Å². The fraction of sp³-hybridized carbons (Fsp3) is 0.267. The average Bonchev–Trinajstić information content (AvgIpc) is 2.93. The maximum Gasteiger partial charge on any atom is 0.241 e. The molecular weight excluding hydrogens is 282 g/mol. The molecule has 1 aromatic carbocycles. The number of nitrogens with two attached hydrogens (primary N) is 1. The normalized spacial score (nSPS) is 16.8. The van der Waals surface area contributed by atoms with Crippen LogP contribution in [-0.2, 0) is 29.1 Å². The minimum atomic E-state index is -0.480. The third-order valence-electron chi connectivity index (χ3n) is 3.62. The molecule has 0 saturated heterocycles. The number of carbonyl (C=O) groups is 2. The zero-order valence-electron chi connectivity index (χ0n) is 12.0. The van der Waals surface area contributed by atoms with Crippen LogP contribution in [0, 0.1) is 0 Å². The number of primary amides is 1. The number of nitrogens with zero attached hydrogens (tertiary/aromatic N) is 2. The van der Waals surface area contributed by atoms with E-state index in [0.717, 1.165) is 0 Å². The molecule has 114 valence electrons. The monoisotopic (exact) mass is 299 g/mol. The highest BCUT2D eigenvalue weighted by atomic mass is 16.2. The Balaban J connectivity index is 1.63. The first-order valence-corrected chi connectivity index (χ1v) is 7.03. The largest absolute Gasteiger partial charge is 0.368 e. The summed E-state index contributed by atoms with van der Waals surface area (Å²) in [4.78, 5) is 23.1. The van der Waals surface area contributed by atoms with E-state index in [1.165, 1.54) is 22.0 Å². The molecule has 0 radical (unpaired) electrons. The summed E-state index contributed by atoms with van der Waals surface area (Å²) >= 11 is 0. The zero-order valence-corrected chi connectivity index (χ0v) is 12.0. The van der Waals surface area contributed by atoms with Crippen LogP contribution in [0.2, 0.25) is 0 Å². The number of rotatable bonds is 4. The van der Waals surface area contributed by atoms with Crippen molar-refractivity contribution in [2.24, 2.45) is 5.73 Å². The first-order chi connectivity index (χ1) is 10.6. The van der Waals surface area contributed by atoms with Crippen molar-refractivity contribution in [2.75, 3.05) is 5.32 Å². The second kappa shape index (κ2) is 5.98. The van der Waals surface area contributed by atoms with Crippen LogP contribution in [0.1, 0.15) is 11.1 Å². The fourth-order valence-corrected chi connectivity index (χ4v) is 2.54. The van der Waals surface area contributed by atoms with Crippen LogP contribution in [0.3, 0.4) is 0 Å². The Morgan fingerprint density at radius 1 is 1.36 bits per heavy atom. The first-order valence-electron chi connectivity index (χ1n) is 7.03. The molecule has 2 heterocycles. The molecule has 0 saturated carbocycles. The number of amides is 2. The second-order valence-electron chi connectivity index (χ2n) is 5.29. The van der Waals surface area contributed by atoms with Crippen LogP contribution in [0.15, 0.2) is 36.7 Å². The van der Waals surface area contributed by atoms with Gasteiger partial charge in [0.05, 0.1) is 17.9 Å². The SMILES string of the molecule is NC(=O)Cn1cc(NC(=O)C2Cc3ccccc3CN2)cn1. The van der Waals surface area contributed by atoms with Gasteiger partial charge < -0.3 is 16.4 Å². The van der Waals surface area contributed by atoms with Crippen LogP contribution in [0.25, 0.3) is 0 Å². The highest BCUT2D eigenvalue weighted by Crippen LogP contribution is 2.17. The summed E-state index contributed by atoms with van der Waals surface area (Å²) < 4.78 is 1.39. The molecule has 7 nitrogen and oxygen atoms in total. The summed E-state index contributed by atoms with van der Waals surface area (Å²) in [5, 5.41) is 9.99. The van der Waals surface area contributed by atoms with Crippen LogP contribution in [-0.4, -0.2) is 27.6 Å². The van der Waals surface area contributed by atoms with E-state index in [0.29, 0.717) is 18.7 Å². The Labute approximate surface area is 127 Å². The van der Waals surface area contributed by atoms with Crippen molar-refractivity contribution in [2.45, 2.75) is 25.6 Å². The van der Waals surface area contributed by atoms with Crippen molar-refractivity contribution in [3.63, 3.8) is 0 Å². The van der Waals surface area contributed by atoms with Crippen LogP contribution in [0.4, 0.5) is 5.69 Å². The van der Waals surface area contributed by atoms with Gasteiger partial charge in [0.15, 0.2) is 0 Å². The van der Waals surface area contributed by atoms with E-state index in [1.54, 1.807) is 6.20 Å². The number of fused-ring (bicyclic) bond motifs is 1. The predicted molar refractivity (Wildman–Crippen MR) is 80.8 cm³/mol. The van der Waals surface area contributed by atoms with Gasteiger partial charge in [-0.1, -0.05) is 24.3 Å². The minimum Gasteiger partial charge on any atom is -0.368 e. The van der Waals surface area contributed by atoms with Crippen molar-refractivity contribution < 1.29 is 9.59 Å². The maximum absolute atomic E-state index is 12.3. The maximum atomic E-state index is 12.3. The number of nitrogens with one attached hydrogen (secondary N) is 2. The summed E-state index contributed by atoms with van der Waals surface area (Å²) in [6.45, 7) is 0.667. The van der Waals surface area contributed by atoms with Gasteiger partial charge in [-0.05, 0) is 17.5 Å². The molecule has 0 fully saturated rings. The van der Waals surface area contributed by atoms with E-state index in [2.05, 4.69) is 21.8 Å². The molecule has 1 unspecified atom stereocenters. The van der Waals surface area contributed by atoms with Gasteiger partial charge in [-0.15, -0.1) is 0 Å². The molecule has 1 atom stereocenters. The van der Waals surface area contributed by atoms with Gasteiger partial charge in [-0.25, -0.2) is 0 Å². The van der Waals surface area contributed by atoms with E-state index in [9.17, 15) is 9.59 Å². The van der Waals surface area contributed by atoms with E-state index >= 15 is 0 Å². The Hall–Kier alpha value is -2.67. The molecule has 0 aliphatic carbocycles. The Kier molecular flexibility index (Phi) is 3.88. The summed E-state index contributed by atoms with van der Waals surface area (Å²) in [5.74, 6) is -0.598. The summed E-state index contributed by atoms with van der Waals surface area (Å²) in [6.07, 6.45) is 3.73.